The van der Waals surface area contributed by atoms with Gasteiger partial charge in [-0.15, -0.1) is 0 Å². The molecule has 0 amide bonds. The Bertz CT molecular complexity index is 122. The van der Waals surface area contributed by atoms with Gasteiger partial charge < -0.3 is 5.11 Å². The summed E-state index contributed by atoms with van der Waals surface area (Å²) >= 11 is 0. The van der Waals surface area contributed by atoms with Gasteiger partial charge >= 0.3 is 6.18 Å². The van der Waals surface area contributed by atoms with Crippen LogP contribution in [0.4, 0.5) is 13.2 Å². The van der Waals surface area contributed by atoms with E-state index in [1.54, 1.807) is 6.92 Å². The van der Waals surface area contributed by atoms with Crippen molar-refractivity contribution in [2.24, 2.45) is 5.92 Å². The van der Waals surface area contributed by atoms with E-state index in [1.807, 2.05) is 6.92 Å². The quantitative estimate of drug-likeness (QED) is 0.712. The molecule has 0 radical (unpaired) electrons. The molecule has 0 fully saturated rings. The second-order valence-corrected chi connectivity index (χ2v) is 3.19. The van der Waals surface area contributed by atoms with Crippen LogP contribution < -0.4 is 0 Å². The second kappa shape index (κ2) is 4.70. The first kappa shape index (κ1) is 11.8. The number of hydrogen-bond donors (Lipinski definition) is 1. The maximum absolute atomic E-state index is 11.8. The van der Waals surface area contributed by atoms with E-state index in [2.05, 4.69) is 0 Å². The maximum atomic E-state index is 11.8. The third-order valence-electron chi connectivity index (χ3n) is 1.78. The van der Waals surface area contributed by atoms with Crippen LogP contribution in [0, 0.1) is 5.92 Å². The molecule has 0 heterocycles. The maximum Gasteiger partial charge on any atom is 0.414 e. The zero-order valence-electron chi connectivity index (χ0n) is 7.36. The molecule has 0 rings (SSSR count). The number of alkyl halides is 3. The lowest BCUT2D eigenvalue weighted by atomic mass is 9.99. The normalized spacial score (nSPS) is 17.5. The number of rotatable bonds is 4. The van der Waals surface area contributed by atoms with E-state index >= 15 is 0 Å². The zero-order valence-corrected chi connectivity index (χ0v) is 7.36. The Morgan fingerprint density at radius 3 is 2.17 bits per heavy atom. The van der Waals surface area contributed by atoms with E-state index in [-0.39, 0.29) is 12.3 Å². The third-order valence-corrected chi connectivity index (χ3v) is 1.78. The van der Waals surface area contributed by atoms with Crippen molar-refractivity contribution in [3.05, 3.63) is 0 Å². The predicted molar refractivity (Wildman–Crippen MR) is 40.8 cm³/mol. The molecule has 0 aliphatic rings. The molecule has 0 aromatic carbocycles. The van der Waals surface area contributed by atoms with E-state index in [9.17, 15) is 13.2 Å². The molecule has 2 atom stereocenters. The van der Waals surface area contributed by atoms with Gasteiger partial charge in [0.25, 0.3) is 0 Å². The minimum atomic E-state index is -4.46. The fourth-order valence-corrected chi connectivity index (χ4v) is 1.13. The average Bonchev–Trinajstić information content (AvgIpc) is 1.85. The highest BCUT2D eigenvalue weighted by molar-refractivity contribution is 4.68. The van der Waals surface area contributed by atoms with E-state index in [0.717, 1.165) is 12.8 Å². The van der Waals surface area contributed by atoms with Crippen molar-refractivity contribution >= 4 is 0 Å². The van der Waals surface area contributed by atoms with Crippen LogP contribution in [-0.4, -0.2) is 17.4 Å². The molecular formula is C8H15F3O. The lowest BCUT2D eigenvalue weighted by Gasteiger charge is -2.18. The van der Waals surface area contributed by atoms with Gasteiger partial charge in [0.15, 0.2) is 0 Å². The largest absolute Gasteiger partial charge is 0.414 e. The van der Waals surface area contributed by atoms with Crippen molar-refractivity contribution in [2.75, 3.05) is 0 Å². The summed E-state index contributed by atoms with van der Waals surface area (Å²) in [5.74, 6) is -0.0633. The summed E-state index contributed by atoms with van der Waals surface area (Å²) in [6.45, 7) is 3.63. The molecule has 74 valence electrons. The van der Waals surface area contributed by atoms with Crippen molar-refractivity contribution in [2.45, 2.75) is 45.4 Å². The lowest BCUT2D eigenvalue weighted by molar-refractivity contribution is -0.208. The Morgan fingerprint density at radius 1 is 1.33 bits per heavy atom. The highest BCUT2D eigenvalue weighted by atomic mass is 19.4. The molecule has 0 saturated heterocycles. The van der Waals surface area contributed by atoms with Crippen molar-refractivity contribution in [3.8, 4) is 0 Å². The highest BCUT2D eigenvalue weighted by Gasteiger charge is 2.38. The molecule has 0 aliphatic heterocycles. The fraction of sp³-hybridized carbons (Fsp3) is 1.00. The molecule has 12 heavy (non-hydrogen) atoms. The molecule has 1 unspecified atom stereocenters. The molecule has 0 aliphatic carbocycles. The Hall–Kier alpha value is -0.250. The number of aliphatic hydroxyl groups excluding tert-OH is 1. The number of aliphatic hydroxyl groups is 1. The van der Waals surface area contributed by atoms with Gasteiger partial charge in [0.1, 0.15) is 6.10 Å². The van der Waals surface area contributed by atoms with E-state index in [4.69, 9.17) is 5.11 Å². The summed E-state index contributed by atoms with van der Waals surface area (Å²) < 4.78 is 35.4. The minimum absolute atomic E-state index is 0.0633. The first-order valence-corrected chi connectivity index (χ1v) is 4.12. The second-order valence-electron chi connectivity index (χ2n) is 3.19. The van der Waals surface area contributed by atoms with Crippen LogP contribution in [0.25, 0.3) is 0 Å². The van der Waals surface area contributed by atoms with Gasteiger partial charge in [-0.05, 0) is 12.3 Å². The molecule has 1 nitrogen and oxygen atoms in total. The molecule has 0 spiro atoms. The summed E-state index contributed by atoms with van der Waals surface area (Å²) in [6.07, 6.45) is -5.21. The molecule has 0 aromatic rings. The number of halogens is 3. The zero-order chi connectivity index (χ0) is 9.78. The van der Waals surface area contributed by atoms with E-state index in [1.165, 1.54) is 0 Å². The van der Waals surface area contributed by atoms with Gasteiger partial charge in [-0.2, -0.15) is 13.2 Å². The average molecular weight is 184 g/mol. The minimum Gasteiger partial charge on any atom is -0.384 e. The standard InChI is InChI=1S/C8H15F3O/c1-3-4-6(2)5-7(12)8(9,10)11/h6-7,12H,3-5H2,1-2H3/t6?,7-/m1/s1. The van der Waals surface area contributed by atoms with Crippen LogP contribution in [0.15, 0.2) is 0 Å². The van der Waals surface area contributed by atoms with Crippen LogP contribution in [-0.2, 0) is 0 Å². The van der Waals surface area contributed by atoms with Crippen molar-refractivity contribution in [1.29, 1.82) is 0 Å². The summed E-state index contributed by atoms with van der Waals surface area (Å²) in [7, 11) is 0. The third kappa shape index (κ3) is 4.59. The smallest absolute Gasteiger partial charge is 0.384 e. The molecule has 4 heteroatoms. The summed E-state index contributed by atoms with van der Waals surface area (Å²) in [5.41, 5.74) is 0. The summed E-state index contributed by atoms with van der Waals surface area (Å²) in [5, 5.41) is 8.66. The van der Waals surface area contributed by atoms with Gasteiger partial charge in [0.2, 0.25) is 0 Å². The summed E-state index contributed by atoms with van der Waals surface area (Å²) in [4.78, 5) is 0. The van der Waals surface area contributed by atoms with Gasteiger partial charge in [-0.1, -0.05) is 26.7 Å². The van der Waals surface area contributed by atoms with Crippen LogP contribution in [0.2, 0.25) is 0 Å². The van der Waals surface area contributed by atoms with Gasteiger partial charge in [-0.25, -0.2) is 0 Å². The molecule has 0 aromatic heterocycles. The Kier molecular flexibility index (Phi) is 4.60. The molecule has 1 N–H and O–H groups in total. The Balaban J connectivity index is 3.76. The van der Waals surface area contributed by atoms with Gasteiger partial charge in [-0.3, -0.25) is 0 Å². The first-order chi connectivity index (χ1) is 5.38. The van der Waals surface area contributed by atoms with Crippen LogP contribution in [0.3, 0.4) is 0 Å². The Morgan fingerprint density at radius 2 is 1.83 bits per heavy atom. The lowest BCUT2D eigenvalue weighted by Crippen LogP contribution is -2.30. The van der Waals surface area contributed by atoms with Crippen molar-refractivity contribution < 1.29 is 18.3 Å². The van der Waals surface area contributed by atoms with Crippen LogP contribution >= 0.6 is 0 Å². The summed E-state index contributed by atoms with van der Waals surface area (Å²) in [6, 6.07) is 0. The Labute approximate surface area is 70.6 Å². The van der Waals surface area contributed by atoms with Crippen LogP contribution in [0.5, 0.6) is 0 Å². The SMILES string of the molecule is CCCC(C)C[C@@H](O)C(F)(F)F. The number of hydrogen-bond acceptors (Lipinski definition) is 1. The van der Waals surface area contributed by atoms with E-state index in [0.29, 0.717) is 0 Å². The molecule has 0 bridgehead atoms. The van der Waals surface area contributed by atoms with Crippen LogP contribution in [0.1, 0.15) is 33.1 Å². The first-order valence-electron chi connectivity index (χ1n) is 4.12. The van der Waals surface area contributed by atoms with Gasteiger partial charge in [0, 0.05) is 0 Å². The monoisotopic (exact) mass is 184 g/mol. The van der Waals surface area contributed by atoms with Crippen molar-refractivity contribution in [3.63, 3.8) is 0 Å². The van der Waals surface area contributed by atoms with Crippen molar-refractivity contribution in [1.82, 2.24) is 0 Å². The predicted octanol–water partition coefficient (Wildman–Crippen LogP) is 2.74. The van der Waals surface area contributed by atoms with E-state index < -0.39 is 12.3 Å². The topological polar surface area (TPSA) is 20.2 Å². The molecule has 0 saturated carbocycles. The molecular weight excluding hydrogens is 169 g/mol. The fourth-order valence-electron chi connectivity index (χ4n) is 1.13. The van der Waals surface area contributed by atoms with Gasteiger partial charge in [0.05, 0.1) is 0 Å². The highest BCUT2D eigenvalue weighted by Crippen LogP contribution is 2.26.